The van der Waals surface area contributed by atoms with E-state index in [4.69, 9.17) is 5.11 Å². The molecule has 1 aromatic rings. The van der Waals surface area contributed by atoms with Crippen LogP contribution in [0, 0.1) is 22.7 Å². The van der Waals surface area contributed by atoms with Crippen LogP contribution >= 0.6 is 11.8 Å². The molecule has 2 N–H and O–H groups in total. The van der Waals surface area contributed by atoms with Crippen molar-refractivity contribution in [2.75, 3.05) is 38.8 Å². The average molecular weight is 650 g/mol. The number of aromatic hydroxyl groups is 1. The third-order valence-corrected chi connectivity index (χ3v) is 12.4. The van der Waals surface area contributed by atoms with Crippen LogP contribution in [-0.4, -0.2) is 66.0 Å². The number of hydrogen-bond donors (Lipinski definition) is 2. The number of thioether (sulfide) groups is 1. The van der Waals surface area contributed by atoms with Crippen molar-refractivity contribution in [1.82, 2.24) is 4.90 Å². The fraction of sp³-hybridized carbons (Fsp3) is 0.829. The average Bonchev–Trinajstić information content (AvgIpc) is 3.72. The van der Waals surface area contributed by atoms with Crippen LogP contribution in [0.1, 0.15) is 114 Å². The first-order chi connectivity index (χ1) is 20.8. The fourth-order valence-electron chi connectivity index (χ4n) is 8.59. The zero-order chi connectivity index (χ0) is 32.6. The van der Waals surface area contributed by atoms with E-state index in [2.05, 4.69) is 24.8 Å². The van der Waals surface area contributed by atoms with Crippen molar-refractivity contribution in [3.05, 3.63) is 29.3 Å². The van der Waals surface area contributed by atoms with Gasteiger partial charge in [0.15, 0.2) is 0 Å². The summed E-state index contributed by atoms with van der Waals surface area (Å²) in [5.74, 6) is -0.276. The molecule has 0 aromatic heterocycles. The zero-order valence-electron chi connectivity index (χ0n) is 27.3. The SMILES string of the molecule is CC12CCC3c4ccc(O)cc4CCC3C1CCC21CC1.CCCCCN(C)CCCSCCCC(F)(F)C(F)(F)F.CO. The standard InChI is InChI=1S/C20H26O.C14H26F5NS.CH4O/c1-19-8-6-16-15-5-3-14(21)12-13(15)2-4-17(16)18(19)7-9-20(19)10-11-20;1-3-4-5-9-20(2)10-7-12-21-11-6-8-13(15,16)14(17,18)19;1-2/h3,5,12,16-18,21H,2,4,6-11H2,1H3;3-12H2,1-2H3;2H,1H3. The monoisotopic (exact) mass is 649 g/mol. The van der Waals surface area contributed by atoms with Gasteiger partial charge in [0.05, 0.1) is 0 Å². The van der Waals surface area contributed by atoms with E-state index in [1.807, 2.05) is 19.2 Å². The van der Waals surface area contributed by atoms with E-state index in [0.29, 0.717) is 16.9 Å². The van der Waals surface area contributed by atoms with Gasteiger partial charge in [-0.15, -0.1) is 0 Å². The lowest BCUT2D eigenvalue weighted by molar-refractivity contribution is -0.284. The molecule has 3 saturated carbocycles. The van der Waals surface area contributed by atoms with Crippen LogP contribution in [0.3, 0.4) is 0 Å². The number of aliphatic hydroxyl groups is 1. The fourth-order valence-corrected chi connectivity index (χ4v) is 9.48. The van der Waals surface area contributed by atoms with E-state index in [0.717, 1.165) is 55.5 Å². The molecule has 4 unspecified atom stereocenters. The maximum atomic E-state index is 12.6. The summed E-state index contributed by atoms with van der Waals surface area (Å²) in [5.41, 5.74) is 4.42. The second-order valence-corrected chi connectivity index (χ2v) is 15.1. The van der Waals surface area contributed by atoms with E-state index < -0.39 is 18.5 Å². The van der Waals surface area contributed by atoms with Gasteiger partial charge >= 0.3 is 12.1 Å². The van der Waals surface area contributed by atoms with Crippen LogP contribution in [0.15, 0.2) is 18.2 Å². The molecule has 4 aliphatic carbocycles. The maximum Gasteiger partial charge on any atom is 0.453 e. The Bertz CT molecular complexity index is 1020. The maximum absolute atomic E-state index is 12.6. The van der Waals surface area contributed by atoms with E-state index in [1.165, 1.54) is 88.0 Å². The highest BCUT2D eigenvalue weighted by atomic mass is 32.2. The van der Waals surface area contributed by atoms with Crippen molar-refractivity contribution >= 4 is 11.8 Å². The normalized spacial score (nSPS) is 26.6. The molecule has 0 radical (unpaired) electrons. The second-order valence-electron chi connectivity index (χ2n) is 13.9. The largest absolute Gasteiger partial charge is 0.508 e. The van der Waals surface area contributed by atoms with Gasteiger partial charge in [0.2, 0.25) is 0 Å². The molecule has 4 atom stereocenters. The highest BCUT2D eigenvalue weighted by Crippen LogP contribution is 2.75. The summed E-state index contributed by atoms with van der Waals surface area (Å²) in [6.45, 7) is 6.78. The van der Waals surface area contributed by atoms with Gasteiger partial charge in [-0.3, -0.25) is 0 Å². The molecule has 3 fully saturated rings. The Morgan fingerprint density at radius 1 is 0.909 bits per heavy atom. The number of hydrogen-bond acceptors (Lipinski definition) is 4. The Morgan fingerprint density at radius 3 is 2.25 bits per heavy atom. The van der Waals surface area contributed by atoms with Gasteiger partial charge in [0.1, 0.15) is 5.75 Å². The Kier molecular flexibility index (Phi) is 13.7. The van der Waals surface area contributed by atoms with E-state index >= 15 is 0 Å². The Hall–Kier alpha value is -1.06. The van der Waals surface area contributed by atoms with Gasteiger partial charge in [0, 0.05) is 13.5 Å². The van der Waals surface area contributed by atoms with Gasteiger partial charge in [-0.2, -0.15) is 33.7 Å². The number of nitrogens with zero attached hydrogens (tertiary/aromatic N) is 1. The topological polar surface area (TPSA) is 43.7 Å². The molecule has 3 nitrogen and oxygen atoms in total. The summed E-state index contributed by atoms with van der Waals surface area (Å²) in [5, 5.41) is 16.8. The van der Waals surface area contributed by atoms with Crippen molar-refractivity contribution in [3.63, 3.8) is 0 Å². The molecule has 0 amide bonds. The lowest BCUT2D eigenvalue weighted by atomic mass is 9.53. The van der Waals surface area contributed by atoms with Crippen LogP contribution in [0.25, 0.3) is 0 Å². The number of benzene rings is 1. The Morgan fingerprint density at radius 2 is 1.59 bits per heavy atom. The Labute approximate surface area is 266 Å². The summed E-state index contributed by atoms with van der Waals surface area (Å²) in [4.78, 5) is 2.23. The predicted molar refractivity (Wildman–Crippen MR) is 172 cm³/mol. The van der Waals surface area contributed by atoms with E-state index in [1.54, 1.807) is 5.56 Å². The summed E-state index contributed by atoms with van der Waals surface area (Å²) < 4.78 is 61.0. The minimum Gasteiger partial charge on any atom is -0.508 e. The second kappa shape index (κ2) is 16.2. The molecule has 4 aliphatic rings. The van der Waals surface area contributed by atoms with Crippen LogP contribution in [-0.2, 0) is 6.42 Å². The van der Waals surface area contributed by atoms with Crippen molar-refractivity contribution in [2.45, 2.75) is 122 Å². The number of fused-ring (bicyclic) bond motifs is 6. The van der Waals surface area contributed by atoms with Gasteiger partial charge in [-0.1, -0.05) is 32.8 Å². The summed E-state index contributed by atoms with van der Waals surface area (Å²) in [6, 6.07) is 6.16. The van der Waals surface area contributed by atoms with Gasteiger partial charge in [-0.05, 0) is 154 Å². The number of phenolic OH excluding ortho intramolecular Hbond substituents is 1. The van der Waals surface area contributed by atoms with Crippen molar-refractivity contribution in [1.29, 1.82) is 0 Å². The smallest absolute Gasteiger partial charge is 0.453 e. The van der Waals surface area contributed by atoms with Crippen LogP contribution in [0.4, 0.5) is 22.0 Å². The molecule has 1 spiro atoms. The quantitative estimate of drug-likeness (QED) is 0.175. The molecule has 9 heteroatoms. The third-order valence-electron chi connectivity index (χ3n) is 11.3. The molecule has 44 heavy (non-hydrogen) atoms. The third kappa shape index (κ3) is 8.84. The molecule has 254 valence electrons. The molecule has 0 bridgehead atoms. The van der Waals surface area contributed by atoms with E-state index in [-0.39, 0.29) is 6.42 Å². The number of phenols is 1. The highest BCUT2D eigenvalue weighted by Gasteiger charge is 2.66. The summed E-state index contributed by atoms with van der Waals surface area (Å²) >= 11 is 1.45. The molecule has 1 aromatic carbocycles. The molecular weight excluding hydrogens is 593 g/mol. The van der Waals surface area contributed by atoms with Gasteiger partial charge in [0.25, 0.3) is 0 Å². The minimum atomic E-state index is -5.42. The first kappa shape index (κ1) is 37.4. The van der Waals surface area contributed by atoms with Gasteiger partial charge < -0.3 is 15.1 Å². The lowest BCUT2D eigenvalue weighted by Crippen LogP contribution is -2.42. The lowest BCUT2D eigenvalue weighted by Gasteiger charge is -2.51. The summed E-state index contributed by atoms with van der Waals surface area (Å²) in [6.07, 6.45) is 9.28. The number of alkyl halides is 5. The highest BCUT2D eigenvalue weighted by molar-refractivity contribution is 7.99. The molecule has 0 aliphatic heterocycles. The number of unbranched alkanes of at least 4 members (excludes halogenated alkanes) is 2. The number of aliphatic hydroxyl groups excluding tert-OH is 1. The molecule has 5 rings (SSSR count). The zero-order valence-corrected chi connectivity index (χ0v) is 28.1. The van der Waals surface area contributed by atoms with Crippen LogP contribution in [0.5, 0.6) is 5.75 Å². The van der Waals surface area contributed by atoms with Crippen molar-refractivity contribution in [2.24, 2.45) is 22.7 Å². The predicted octanol–water partition coefficient (Wildman–Crippen LogP) is 9.85. The summed E-state index contributed by atoms with van der Waals surface area (Å²) in [7, 11) is 3.05. The molecule has 0 saturated heterocycles. The Balaban J connectivity index is 0.000000228. The van der Waals surface area contributed by atoms with Crippen molar-refractivity contribution in [3.8, 4) is 5.75 Å². The number of aryl methyl sites for hydroxylation is 1. The van der Waals surface area contributed by atoms with E-state index in [9.17, 15) is 27.1 Å². The first-order valence-corrected chi connectivity index (χ1v) is 18.0. The first-order valence-electron chi connectivity index (χ1n) is 16.8. The molecular formula is C35H56F5NO2S. The van der Waals surface area contributed by atoms with Crippen molar-refractivity contribution < 1.29 is 32.2 Å². The molecule has 0 heterocycles. The van der Waals surface area contributed by atoms with Gasteiger partial charge in [-0.25, -0.2) is 0 Å². The van der Waals surface area contributed by atoms with Crippen LogP contribution < -0.4 is 0 Å². The van der Waals surface area contributed by atoms with Crippen LogP contribution in [0.2, 0.25) is 0 Å². The number of halogens is 5. The minimum absolute atomic E-state index is 0.108. The number of rotatable bonds is 12.